The number of amides is 2. The molecule has 3 rings (SSSR count). The number of hydrogen-bond donors (Lipinski definition) is 2. The Morgan fingerprint density at radius 3 is 2.54 bits per heavy atom. The minimum atomic E-state index is -0.592. The van der Waals surface area contributed by atoms with Crippen LogP contribution in [0.1, 0.15) is 31.9 Å². The summed E-state index contributed by atoms with van der Waals surface area (Å²) in [5.41, 5.74) is 3.40. The van der Waals surface area contributed by atoms with Crippen molar-refractivity contribution in [1.82, 2.24) is 0 Å². The maximum atomic E-state index is 12.4. The summed E-state index contributed by atoms with van der Waals surface area (Å²) in [7, 11) is 0. The van der Waals surface area contributed by atoms with E-state index >= 15 is 0 Å². The molecule has 0 radical (unpaired) electrons. The molecule has 4 heteroatoms. The van der Waals surface area contributed by atoms with Crippen LogP contribution in [0.2, 0.25) is 0 Å². The third-order valence-electron chi connectivity index (χ3n) is 4.31. The van der Waals surface area contributed by atoms with Crippen LogP contribution in [0.3, 0.4) is 0 Å². The molecule has 122 valence electrons. The van der Waals surface area contributed by atoms with Gasteiger partial charge in [-0.1, -0.05) is 30.3 Å². The number of hydrogen-bond acceptors (Lipinski definition) is 2. The molecule has 0 bridgehead atoms. The fourth-order valence-electron chi connectivity index (χ4n) is 2.74. The Kier molecular flexibility index (Phi) is 3.97. The van der Waals surface area contributed by atoms with Crippen molar-refractivity contribution >= 4 is 29.3 Å². The average molecular weight is 320 g/mol. The highest BCUT2D eigenvalue weighted by Gasteiger charge is 2.38. The van der Waals surface area contributed by atoms with Gasteiger partial charge in [0, 0.05) is 16.9 Å². The number of fused-ring (bicyclic) bond motifs is 1. The molecule has 1 aliphatic heterocycles. The molecule has 0 unspecified atom stereocenters. The van der Waals surface area contributed by atoms with E-state index in [0.717, 1.165) is 16.8 Å². The molecule has 4 nitrogen and oxygen atoms in total. The van der Waals surface area contributed by atoms with E-state index in [1.54, 1.807) is 13.0 Å². The van der Waals surface area contributed by atoms with Gasteiger partial charge >= 0.3 is 0 Å². The van der Waals surface area contributed by atoms with Gasteiger partial charge in [-0.25, -0.2) is 0 Å². The Morgan fingerprint density at radius 1 is 1.12 bits per heavy atom. The summed E-state index contributed by atoms with van der Waals surface area (Å²) < 4.78 is 0. The van der Waals surface area contributed by atoms with Gasteiger partial charge in [-0.3, -0.25) is 9.59 Å². The molecule has 0 aromatic heterocycles. The topological polar surface area (TPSA) is 58.2 Å². The fraction of sp³-hybridized carbons (Fsp3) is 0.200. The van der Waals surface area contributed by atoms with Crippen LogP contribution in [-0.2, 0) is 15.0 Å². The zero-order valence-corrected chi connectivity index (χ0v) is 14.0. The molecule has 1 aliphatic rings. The molecule has 2 aromatic rings. The van der Waals surface area contributed by atoms with Crippen molar-refractivity contribution in [2.75, 3.05) is 10.6 Å². The summed E-state index contributed by atoms with van der Waals surface area (Å²) >= 11 is 0. The Balaban J connectivity index is 1.80. The first kappa shape index (κ1) is 16.0. The zero-order valence-electron chi connectivity index (χ0n) is 14.0. The first-order valence-electron chi connectivity index (χ1n) is 7.88. The van der Waals surface area contributed by atoms with Gasteiger partial charge in [0.25, 0.3) is 5.91 Å². The summed E-state index contributed by atoms with van der Waals surface area (Å²) in [5.74, 6) is -0.185. The lowest BCUT2D eigenvalue weighted by molar-refractivity contribution is -0.119. The third kappa shape index (κ3) is 2.95. The molecule has 2 amide bonds. The Hall–Kier alpha value is -2.88. The molecule has 24 heavy (non-hydrogen) atoms. The van der Waals surface area contributed by atoms with Crippen molar-refractivity contribution in [3.63, 3.8) is 0 Å². The van der Waals surface area contributed by atoms with Crippen molar-refractivity contribution in [2.24, 2.45) is 0 Å². The van der Waals surface area contributed by atoms with Crippen LogP contribution in [0, 0.1) is 0 Å². The predicted octanol–water partition coefficient (Wildman–Crippen LogP) is 3.96. The van der Waals surface area contributed by atoms with Gasteiger partial charge in [-0.05, 0) is 56.2 Å². The molecule has 0 saturated carbocycles. The summed E-state index contributed by atoms with van der Waals surface area (Å²) in [6, 6.07) is 15.2. The van der Waals surface area contributed by atoms with E-state index in [-0.39, 0.29) is 11.8 Å². The van der Waals surface area contributed by atoms with E-state index in [2.05, 4.69) is 10.6 Å². The summed E-state index contributed by atoms with van der Waals surface area (Å²) in [4.78, 5) is 24.4. The first-order chi connectivity index (χ1) is 11.4. The second kappa shape index (κ2) is 5.96. The van der Waals surface area contributed by atoms with Crippen LogP contribution in [0.4, 0.5) is 11.4 Å². The molecular formula is C20H20N2O2. The number of rotatable bonds is 3. The van der Waals surface area contributed by atoms with E-state index in [1.807, 2.05) is 62.4 Å². The van der Waals surface area contributed by atoms with E-state index in [4.69, 9.17) is 0 Å². The largest absolute Gasteiger partial charge is 0.325 e. The van der Waals surface area contributed by atoms with Crippen molar-refractivity contribution in [3.8, 4) is 0 Å². The van der Waals surface area contributed by atoms with E-state index in [0.29, 0.717) is 11.3 Å². The zero-order chi connectivity index (χ0) is 17.3. The standard InChI is InChI=1S/C20H20N2O2/c1-13(11-14-7-5-4-6-8-14)18(23)21-15-9-10-17-16(12-15)20(2,3)19(24)22-17/h4-12H,1-3H3,(H,21,23)(H,22,24)/b13-11+. The summed E-state index contributed by atoms with van der Waals surface area (Å²) in [6.45, 7) is 5.53. The normalized spacial score (nSPS) is 15.6. The Labute approximate surface area is 141 Å². The van der Waals surface area contributed by atoms with E-state index in [9.17, 15) is 9.59 Å². The van der Waals surface area contributed by atoms with Gasteiger partial charge < -0.3 is 10.6 Å². The van der Waals surface area contributed by atoms with Crippen molar-refractivity contribution in [3.05, 3.63) is 65.2 Å². The van der Waals surface area contributed by atoms with Crippen LogP contribution < -0.4 is 10.6 Å². The number of nitrogens with one attached hydrogen (secondary N) is 2. The number of carbonyl (C=O) groups excluding carboxylic acids is 2. The third-order valence-corrected chi connectivity index (χ3v) is 4.31. The molecule has 0 atom stereocenters. The maximum absolute atomic E-state index is 12.4. The van der Waals surface area contributed by atoms with E-state index in [1.165, 1.54) is 0 Å². The highest BCUT2D eigenvalue weighted by atomic mass is 16.2. The summed E-state index contributed by atoms with van der Waals surface area (Å²) in [5, 5.41) is 5.76. The van der Waals surface area contributed by atoms with Crippen LogP contribution in [0.15, 0.2) is 54.1 Å². The van der Waals surface area contributed by atoms with Crippen LogP contribution in [0.25, 0.3) is 6.08 Å². The van der Waals surface area contributed by atoms with Gasteiger partial charge in [-0.15, -0.1) is 0 Å². The molecule has 1 heterocycles. The molecule has 0 saturated heterocycles. The minimum absolute atomic E-state index is 0.0267. The quantitative estimate of drug-likeness (QED) is 0.841. The first-order valence-corrected chi connectivity index (χ1v) is 7.88. The van der Waals surface area contributed by atoms with Gasteiger partial charge in [-0.2, -0.15) is 0 Å². The van der Waals surface area contributed by atoms with Crippen LogP contribution in [-0.4, -0.2) is 11.8 Å². The highest BCUT2D eigenvalue weighted by molar-refractivity contribution is 6.08. The van der Waals surface area contributed by atoms with Gasteiger partial charge in [0.05, 0.1) is 5.41 Å². The van der Waals surface area contributed by atoms with Gasteiger partial charge in [0.1, 0.15) is 0 Å². The van der Waals surface area contributed by atoms with Gasteiger partial charge in [0.2, 0.25) is 5.91 Å². The molecule has 0 fully saturated rings. The number of anilines is 2. The minimum Gasteiger partial charge on any atom is -0.325 e. The summed E-state index contributed by atoms with van der Waals surface area (Å²) in [6.07, 6.45) is 1.84. The average Bonchev–Trinajstić information content (AvgIpc) is 2.78. The number of carbonyl (C=O) groups is 2. The van der Waals surface area contributed by atoms with E-state index < -0.39 is 5.41 Å². The lowest BCUT2D eigenvalue weighted by atomic mass is 9.86. The van der Waals surface area contributed by atoms with Gasteiger partial charge in [0.15, 0.2) is 0 Å². The highest BCUT2D eigenvalue weighted by Crippen LogP contribution is 2.38. The number of benzene rings is 2. The maximum Gasteiger partial charge on any atom is 0.251 e. The Bertz CT molecular complexity index is 836. The molecular weight excluding hydrogens is 300 g/mol. The Morgan fingerprint density at radius 2 is 1.83 bits per heavy atom. The second-order valence-electron chi connectivity index (χ2n) is 6.53. The monoisotopic (exact) mass is 320 g/mol. The van der Waals surface area contributed by atoms with Crippen LogP contribution in [0.5, 0.6) is 0 Å². The van der Waals surface area contributed by atoms with Crippen molar-refractivity contribution in [1.29, 1.82) is 0 Å². The smallest absolute Gasteiger partial charge is 0.251 e. The fourth-order valence-corrected chi connectivity index (χ4v) is 2.74. The van der Waals surface area contributed by atoms with Crippen molar-refractivity contribution < 1.29 is 9.59 Å². The van der Waals surface area contributed by atoms with Crippen molar-refractivity contribution in [2.45, 2.75) is 26.2 Å². The molecule has 0 spiro atoms. The molecule has 2 N–H and O–H groups in total. The molecule has 2 aromatic carbocycles. The lowest BCUT2D eigenvalue weighted by Gasteiger charge is -2.16. The van der Waals surface area contributed by atoms with Crippen LogP contribution >= 0.6 is 0 Å². The second-order valence-corrected chi connectivity index (χ2v) is 6.53. The molecule has 0 aliphatic carbocycles. The predicted molar refractivity (Wildman–Crippen MR) is 96.8 cm³/mol. The SMILES string of the molecule is C/C(=C\c1ccccc1)C(=O)Nc1ccc2c(c1)C(C)(C)C(=O)N2. The lowest BCUT2D eigenvalue weighted by Crippen LogP contribution is -2.26.